The highest BCUT2D eigenvalue weighted by molar-refractivity contribution is 9.10. The van der Waals surface area contributed by atoms with Gasteiger partial charge in [-0.25, -0.2) is 5.43 Å². The van der Waals surface area contributed by atoms with Gasteiger partial charge in [-0.15, -0.1) is 0 Å². The molecule has 5 rings (SSSR count). The lowest BCUT2D eigenvalue weighted by molar-refractivity contribution is -0.122. The van der Waals surface area contributed by atoms with Crippen LogP contribution in [0.2, 0.25) is 0 Å². The summed E-state index contributed by atoms with van der Waals surface area (Å²) in [4.78, 5) is 13.0. The predicted molar refractivity (Wildman–Crippen MR) is 129 cm³/mol. The highest BCUT2D eigenvalue weighted by atomic mass is 79.9. The third-order valence-corrected chi connectivity index (χ3v) is 6.51. The van der Waals surface area contributed by atoms with Crippen molar-refractivity contribution < 1.29 is 9.21 Å². The largest absolute Gasteiger partial charge is 0.455 e. The lowest BCUT2D eigenvalue weighted by Crippen LogP contribution is -2.25. The second-order valence-corrected chi connectivity index (χ2v) is 8.82. The Bertz CT molecular complexity index is 1210. The Morgan fingerprint density at radius 2 is 1.53 bits per heavy atom. The molecule has 1 unspecified atom stereocenters. The summed E-state index contributed by atoms with van der Waals surface area (Å²) in [5.74, 6) is 1.07. The lowest BCUT2D eigenvalue weighted by Gasteiger charge is -2.18. The summed E-state index contributed by atoms with van der Waals surface area (Å²) < 4.78 is 6.84. The first kappa shape index (κ1) is 20.5. The molecule has 1 amide bonds. The molecule has 1 heterocycles. The molecule has 5 heteroatoms. The Kier molecular flexibility index (Phi) is 5.50. The standard InChI is InChI=1S/C27H21BrN2O2/c28-22-13-11-19(12-14-22)25-16-15-23(32-25)18-29-30-26(31)24-17-27(24,20-7-3-1-4-8-20)21-9-5-2-6-10-21/h1-16,18,24H,17H2,(H,30,31). The van der Waals surface area contributed by atoms with Gasteiger partial charge in [0.25, 0.3) is 0 Å². The van der Waals surface area contributed by atoms with Crippen molar-refractivity contribution >= 4 is 28.1 Å². The molecule has 0 saturated heterocycles. The lowest BCUT2D eigenvalue weighted by atomic mass is 9.85. The number of nitrogens with one attached hydrogen (secondary N) is 1. The molecule has 1 aromatic heterocycles. The molecule has 158 valence electrons. The van der Waals surface area contributed by atoms with Crippen molar-refractivity contribution in [2.45, 2.75) is 11.8 Å². The number of hydrogen-bond acceptors (Lipinski definition) is 3. The van der Waals surface area contributed by atoms with Crippen LogP contribution >= 0.6 is 15.9 Å². The van der Waals surface area contributed by atoms with Crippen LogP contribution in [0.4, 0.5) is 0 Å². The Morgan fingerprint density at radius 3 is 2.16 bits per heavy atom. The van der Waals surface area contributed by atoms with Gasteiger partial charge < -0.3 is 4.42 Å². The third-order valence-electron chi connectivity index (χ3n) is 5.98. The molecule has 0 aliphatic heterocycles. The van der Waals surface area contributed by atoms with Crippen molar-refractivity contribution in [2.75, 3.05) is 0 Å². The number of benzene rings is 3. The van der Waals surface area contributed by atoms with Crippen LogP contribution in [0.3, 0.4) is 0 Å². The van der Waals surface area contributed by atoms with Crippen molar-refractivity contribution in [1.82, 2.24) is 5.43 Å². The maximum atomic E-state index is 13.0. The van der Waals surface area contributed by atoms with E-state index in [1.54, 1.807) is 0 Å². The van der Waals surface area contributed by atoms with Gasteiger partial charge in [-0.3, -0.25) is 4.79 Å². The van der Waals surface area contributed by atoms with Gasteiger partial charge in [0, 0.05) is 15.5 Å². The van der Waals surface area contributed by atoms with E-state index in [0.717, 1.165) is 33.3 Å². The molecule has 1 N–H and O–H groups in total. The quantitative estimate of drug-likeness (QED) is 0.263. The second-order valence-electron chi connectivity index (χ2n) is 7.90. The fourth-order valence-corrected chi connectivity index (χ4v) is 4.55. The van der Waals surface area contributed by atoms with Gasteiger partial charge >= 0.3 is 0 Å². The van der Waals surface area contributed by atoms with E-state index in [1.165, 1.54) is 6.21 Å². The Morgan fingerprint density at radius 1 is 0.906 bits per heavy atom. The van der Waals surface area contributed by atoms with E-state index < -0.39 is 0 Å². The molecule has 1 aliphatic carbocycles. The highest BCUT2D eigenvalue weighted by Gasteiger charge is 2.60. The maximum absolute atomic E-state index is 13.0. The molecule has 0 spiro atoms. The summed E-state index contributed by atoms with van der Waals surface area (Å²) in [7, 11) is 0. The summed E-state index contributed by atoms with van der Waals surface area (Å²) in [6, 6.07) is 32.1. The normalized spacial score (nSPS) is 16.7. The molecule has 1 aliphatic rings. The Hall–Kier alpha value is -3.44. The fraction of sp³-hybridized carbons (Fsp3) is 0.111. The van der Waals surface area contributed by atoms with Gasteiger partial charge in [-0.2, -0.15) is 5.10 Å². The number of halogens is 1. The third kappa shape index (κ3) is 3.92. The number of hydrogen-bond donors (Lipinski definition) is 1. The first-order valence-corrected chi connectivity index (χ1v) is 11.3. The maximum Gasteiger partial charge on any atom is 0.244 e. The summed E-state index contributed by atoms with van der Waals surface area (Å²) in [6.45, 7) is 0. The van der Waals surface area contributed by atoms with Crippen LogP contribution in [0.1, 0.15) is 23.3 Å². The molecule has 3 aromatic carbocycles. The number of rotatable bonds is 6. The molecular formula is C27H21BrN2O2. The molecule has 4 nitrogen and oxygen atoms in total. The average Bonchev–Trinajstić information content (AvgIpc) is 3.44. The van der Waals surface area contributed by atoms with Gasteiger partial charge in [0.15, 0.2) is 0 Å². The number of amides is 1. The summed E-state index contributed by atoms with van der Waals surface area (Å²) in [5, 5.41) is 4.15. The predicted octanol–water partition coefficient (Wildman–Crippen LogP) is 6.17. The number of furan rings is 1. The monoisotopic (exact) mass is 484 g/mol. The molecule has 4 aromatic rings. The fourth-order valence-electron chi connectivity index (χ4n) is 4.28. The number of nitrogens with zero attached hydrogens (tertiary/aromatic N) is 1. The van der Waals surface area contributed by atoms with Crippen LogP contribution in [0, 0.1) is 5.92 Å². The van der Waals surface area contributed by atoms with E-state index >= 15 is 0 Å². The van der Waals surface area contributed by atoms with Crippen molar-refractivity contribution in [3.8, 4) is 11.3 Å². The first-order chi connectivity index (χ1) is 15.7. The van der Waals surface area contributed by atoms with Crippen molar-refractivity contribution in [3.63, 3.8) is 0 Å². The average molecular weight is 485 g/mol. The van der Waals surface area contributed by atoms with Gasteiger partial charge in [-0.1, -0.05) is 88.7 Å². The van der Waals surface area contributed by atoms with Gasteiger partial charge in [0.1, 0.15) is 11.5 Å². The van der Waals surface area contributed by atoms with Crippen LogP contribution in [-0.2, 0) is 10.2 Å². The molecular weight excluding hydrogens is 464 g/mol. The zero-order valence-electron chi connectivity index (χ0n) is 17.2. The minimum absolute atomic E-state index is 0.0892. The zero-order valence-corrected chi connectivity index (χ0v) is 18.8. The molecule has 0 bridgehead atoms. The molecule has 1 fully saturated rings. The van der Waals surface area contributed by atoms with Gasteiger partial charge in [0.05, 0.1) is 12.1 Å². The van der Waals surface area contributed by atoms with Crippen molar-refractivity contribution in [3.05, 3.63) is 118 Å². The van der Waals surface area contributed by atoms with Crippen molar-refractivity contribution in [2.24, 2.45) is 11.0 Å². The highest BCUT2D eigenvalue weighted by Crippen LogP contribution is 2.58. The van der Waals surface area contributed by atoms with E-state index in [4.69, 9.17) is 4.42 Å². The van der Waals surface area contributed by atoms with Crippen molar-refractivity contribution in [1.29, 1.82) is 0 Å². The first-order valence-electron chi connectivity index (χ1n) is 10.5. The number of carbonyl (C=O) groups is 1. The van der Waals surface area contributed by atoms with Gasteiger partial charge in [0.2, 0.25) is 5.91 Å². The molecule has 32 heavy (non-hydrogen) atoms. The second kappa shape index (κ2) is 8.60. The molecule has 1 saturated carbocycles. The summed E-state index contributed by atoms with van der Waals surface area (Å²) >= 11 is 3.43. The van der Waals surface area contributed by atoms with Gasteiger partial charge in [-0.05, 0) is 41.8 Å². The number of carbonyl (C=O) groups excluding carboxylic acids is 1. The Balaban J connectivity index is 1.29. The molecule has 0 radical (unpaired) electrons. The summed E-state index contributed by atoms with van der Waals surface area (Å²) in [5.41, 5.74) is 5.69. The van der Waals surface area contributed by atoms with Crippen LogP contribution < -0.4 is 5.43 Å². The zero-order chi connectivity index (χ0) is 22.0. The number of hydrazone groups is 1. The van der Waals surface area contributed by atoms with E-state index in [2.05, 4.69) is 50.7 Å². The minimum atomic E-state index is -0.304. The van der Waals surface area contributed by atoms with Crippen LogP contribution in [-0.4, -0.2) is 12.1 Å². The van der Waals surface area contributed by atoms with E-state index in [0.29, 0.717) is 5.76 Å². The van der Waals surface area contributed by atoms with Crippen LogP contribution in [0.15, 0.2) is 111 Å². The van der Waals surface area contributed by atoms with E-state index in [-0.39, 0.29) is 17.2 Å². The smallest absolute Gasteiger partial charge is 0.244 e. The topological polar surface area (TPSA) is 54.6 Å². The van der Waals surface area contributed by atoms with E-state index in [9.17, 15) is 4.79 Å². The van der Waals surface area contributed by atoms with Crippen LogP contribution in [0.5, 0.6) is 0 Å². The summed E-state index contributed by atoms with van der Waals surface area (Å²) in [6.07, 6.45) is 2.30. The van der Waals surface area contributed by atoms with Crippen LogP contribution in [0.25, 0.3) is 11.3 Å². The molecule has 1 atom stereocenters. The Labute approximate surface area is 195 Å². The van der Waals surface area contributed by atoms with E-state index in [1.807, 2.05) is 72.8 Å². The SMILES string of the molecule is O=C(NN=Cc1ccc(-c2ccc(Br)cc2)o1)C1CC1(c1ccccc1)c1ccccc1. The minimum Gasteiger partial charge on any atom is -0.455 e.